The Labute approximate surface area is 188 Å². The van der Waals surface area contributed by atoms with Crippen LogP contribution in [0.2, 0.25) is 0 Å². The van der Waals surface area contributed by atoms with Gasteiger partial charge >= 0.3 is 0 Å². The number of rotatable bonds is 3. The molecule has 172 valence electrons. The van der Waals surface area contributed by atoms with Crippen LogP contribution >= 0.6 is 0 Å². The number of aromatic nitrogens is 3. The summed E-state index contributed by atoms with van der Waals surface area (Å²) < 4.78 is 20.2. The van der Waals surface area contributed by atoms with Gasteiger partial charge in [0.15, 0.2) is 18.1 Å². The smallest absolute Gasteiger partial charge is 0.201 e. The molecule has 2 bridgehead atoms. The van der Waals surface area contributed by atoms with Gasteiger partial charge in [0.25, 0.3) is 0 Å². The van der Waals surface area contributed by atoms with Crippen LogP contribution in [0.15, 0.2) is 30.5 Å². The van der Waals surface area contributed by atoms with Crippen molar-refractivity contribution < 1.29 is 24.0 Å². The molecule has 8 atom stereocenters. The van der Waals surface area contributed by atoms with Gasteiger partial charge in [-0.25, -0.2) is 14.5 Å². The summed E-state index contributed by atoms with van der Waals surface area (Å²) in [5.41, 5.74) is 1.22. The lowest BCUT2D eigenvalue weighted by Gasteiger charge is -2.60. The molecular formula is C24H31N3O5. The van der Waals surface area contributed by atoms with E-state index in [0.717, 1.165) is 36.3 Å². The largest absolute Gasteiger partial charge is 0.497 e. The summed E-state index contributed by atoms with van der Waals surface area (Å²) in [4.78, 5) is 12.1. The Morgan fingerprint density at radius 1 is 1.06 bits per heavy atom. The molecule has 8 nitrogen and oxygen atoms in total. The maximum atomic E-state index is 6.64. The molecule has 32 heavy (non-hydrogen) atoms. The Kier molecular flexibility index (Phi) is 4.67. The molecule has 1 saturated carbocycles. The number of methoxy groups -OCH3 is 1. The first-order valence-corrected chi connectivity index (χ1v) is 11.7. The van der Waals surface area contributed by atoms with E-state index in [1.54, 1.807) is 7.11 Å². The van der Waals surface area contributed by atoms with Gasteiger partial charge in [-0.2, -0.15) is 0 Å². The van der Waals surface area contributed by atoms with E-state index in [2.05, 4.69) is 24.2 Å². The fourth-order valence-electron chi connectivity index (χ4n) is 6.48. The summed E-state index contributed by atoms with van der Waals surface area (Å²) in [5, 5.41) is 8.87. The predicted octanol–water partition coefficient (Wildman–Crippen LogP) is 4.33. The summed E-state index contributed by atoms with van der Waals surface area (Å²) in [6.07, 6.45) is 5.25. The number of hydrogen-bond donors (Lipinski definition) is 0. The first-order valence-electron chi connectivity index (χ1n) is 11.7. The minimum atomic E-state index is -0.778. The van der Waals surface area contributed by atoms with E-state index in [4.69, 9.17) is 24.0 Å². The molecule has 0 radical (unpaired) electrons. The van der Waals surface area contributed by atoms with Gasteiger partial charge in [-0.3, -0.25) is 0 Å². The van der Waals surface area contributed by atoms with E-state index in [-0.39, 0.29) is 18.1 Å². The molecule has 4 saturated heterocycles. The van der Waals surface area contributed by atoms with E-state index in [1.807, 2.05) is 42.1 Å². The molecule has 1 aliphatic carbocycles. The predicted molar refractivity (Wildman–Crippen MR) is 114 cm³/mol. The third kappa shape index (κ3) is 2.89. The van der Waals surface area contributed by atoms with Crippen LogP contribution in [-0.2, 0) is 19.2 Å². The van der Waals surface area contributed by atoms with Crippen LogP contribution in [0.25, 0.3) is 11.3 Å². The SMILES string of the molecule is COc1ccc(-c2cn([C@H]3O[C@@H]4O[C@@]5(C)CC[C@H]6[C@H](C)CC[C@@H]([C@@H]3C)[C@@]46OO5)nn2)cc1. The van der Waals surface area contributed by atoms with Gasteiger partial charge < -0.3 is 14.2 Å². The summed E-state index contributed by atoms with van der Waals surface area (Å²) in [6.45, 7) is 6.50. The maximum absolute atomic E-state index is 6.64. The number of nitrogens with zero attached hydrogens (tertiary/aromatic N) is 3. The molecule has 0 N–H and O–H groups in total. The van der Waals surface area contributed by atoms with E-state index in [9.17, 15) is 0 Å². The first kappa shape index (κ1) is 20.6. The molecule has 0 unspecified atom stereocenters. The van der Waals surface area contributed by atoms with Crippen molar-refractivity contribution in [3.63, 3.8) is 0 Å². The van der Waals surface area contributed by atoms with E-state index < -0.39 is 17.7 Å². The Balaban J connectivity index is 1.34. The average molecular weight is 442 g/mol. The highest BCUT2D eigenvalue weighted by Gasteiger charge is 2.69. The second-order valence-electron chi connectivity index (χ2n) is 10.1. The number of benzene rings is 1. The average Bonchev–Trinajstić information content (AvgIpc) is 3.18. The third-order valence-electron chi connectivity index (χ3n) is 8.28. The van der Waals surface area contributed by atoms with Crippen molar-refractivity contribution >= 4 is 0 Å². The minimum Gasteiger partial charge on any atom is -0.497 e. The topological polar surface area (TPSA) is 76.9 Å². The second kappa shape index (κ2) is 7.25. The lowest BCUT2D eigenvalue weighted by Crippen LogP contribution is -2.69. The third-order valence-corrected chi connectivity index (χ3v) is 8.28. The van der Waals surface area contributed by atoms with Gasteiger partial charge in [0.2, 0.25) is 5.79 Å². The standard InChI is InChI=1S/C24H31N3O5/c1-14-5-10-19-15(2)21(27-13-20(25-26-27)16-6-8-17(28-4)9-7-16)29-22-24(19)18(14)11-12-23(3,30-22)31-32-24/h6-9,13-15,18-19,21-22H,5,10-12H2,1-4H3/t14-,15+,18+,19+,21+,22-,23-,24-/m1/s1. The van der Waals surface area contributed by atoms with Crippen LogP contribution in [-0.4, -0.2) is 39.8 Å². The molecule has 5 heterocycles. The van der Waals surface area contributed by atoms with Crippen LogP contribution in [0.5, 0.6) is 5.75 Å². The van der Waals surface area contributed by atoms with Crippen LogP contribution in [0, 0.1) is 23.7 Å². The first-order chi connectivity index (χ1) is 15.4. The molecular weight excluding hydrogens is 410 g/mol. The van der Waals surface area contributed by atoms with Crippen molar-refractivity contribution in [1.29, 1.82) is 0 Å². The van der Waals surface area contributed by atoms with Crippen molar-refractivity contribution in [2.45, 2.75) is 70.4 Å². The van der Waals surface area contributed by atoms with Crippen molar-refractivity contribution in [2.24, 2.45) is 23.7 Å². The summed E-state index contributed by atoms with van der Waals surface area (Å²) >= 11 is 0. The normalized spacial score (nSPS) is 42.9. The molecule has 1 aromatic carbocycles. The zero-order valence-corrected chi connectivity index (χ0v) is 19.1. The highest BCUT2D eigenvalue weighted by Crippen LogP contribution is 2.61. The van der Waals surface area contributed by atoms with Crippen molar-refractivity contribution in [1.82, 2.24) is 15.0 Å². The fourth-order valence-corrected chi connectivity index (χ4v) is 6.48. The molecule has 0 amide bonds. The van der Waals surface area contributed by atoms with E-state index in [1.165, 1.54) is 6.42 Å². The fraction of sp³-hybridized carbons (Fsp3) is 0.667. The highest BCUT2D eigenvalue weighted by atomic mass is 17.3. The molecule has 1 spiro atoms. The van der Waals surface area contributed by atoms with Crippen molar-refractivity contribution in [3.05, 3.63) is 30.5 Å². The van der Waals surface area contributed by atoms with Crippen molar-refractivity contribution in [2.75, 3.05) is 7.11 Å². The van der Waals surface area contributed by atoms with Gasteiger partial charge in [-0.15, -0.1) is 5.10 Å². The van der Waals surface area contributed by atoms with Gasteiger partial charge in [0.1, 0.15) is 11.4 Å². The van der Waals surface area contributed by atoms with Crippen LogP contribution in [0.4, 0.5) is 0 Å². The summed E-state index contributed by atoms with van der Waals surface area (Å²) in [6, 6.07) is 7.82. The molecule has 8 heteroatoms. The zero-order valence-electron chi connectivity index (χ0n) is 19.1. The zero-order chi connectivity index (χ0) is 22.1. The highest BCUT2D eigenvalue weighted by molar-refractivity contribution is 5.58. The van der Waals surface area contributed by atoms with Crippen LogP contribution in [0.1, 0.15) is 52.7 Å². The second-order valence-corrected chi connectivity index (χ2v) is 10.1. The van der Waals surface area contributed by atoms with E-state index >= 15 is 0 Å². The lowest BCUT2D eigenvalue weighted by atomic mass is 9.58. The monoisotopic (exact) mass is 441 g/mol. The number of ether oxygens (including phenoxy) is 3. The molecule has 1 aromatic heterocycles. The van der Waals surface area contributed by atoms with Gasteiger partial charge in [0.05, 0.1) is 13.3 Å². The Bertz CT molecular complexity index is 996. The van der Waals surface area contributed by atoms with Crippen LogP contribution < -0.4 is 4.74 Å². The lowest BCUT2D eigenvalue weighted by molar-refractivity contribution is -0.574. The van der Waals surface area contributed by atoms with Gasteiger partial charge in [-0.1, -0.05) is 19.1 Å². The Morgan fingerprint density at radius 2 is 1.88 bits per heavy atom. The molecule has 5 aliphatic rings. The number of hydrogen-bond acceptors (Lipinski definition) is 7. The quantitative estimate of drug-likeness (QED) is 0.656. The van der Waals surface area contributed by atoms with E-state index in [0.29, 0.717) is 11.8 Å². The van der Waals surface area contributed by atoms with Crippen LogP contribution in [0.3, 0.4) is 0 Å². The Morgan fingerprint density at radius 3 is 2.66 bits per heavy atom. The Hall–Kier alpha value is -2.00. The maximum Gasteiger partial charge on any atom is 0.201 e. The van der Waals surface area contributed by atoms with Crippen molar-refractivity contribution in [3.8, 4) is 17.0 Å². The van der Waals surface area contributed by atoms with Gasteiger partial charge in [-0.05, 0) is 62.3 Å². The molecule has 5 fully saturated rings. The summed E-state index contributed by atoms with van der Waals surface area (Å²) in [7, 11) is 1.66. The minimum absolute atomic E-state index is 0.168. The molecule has 4 aliphatic heterocycles. The summed E-state index contributed by atoms with van der Waals surface area (Å²) in [5.74, 6) is 1.35. The van der Waals surface area contributed by atoms with Gasteiger partial charge in [0, 0.05) is 23.8 Å². The molecule has 2 aromatic rings. The number of fused-ring (bicyclic) bond motifs is 2. The molecule has 7 rings (SSSR count).